The van der Waals surface area contributed by atoms with Crippen molar-refractivity contribution in [2.45, 2.75) is 26.3 Å². The summed E-state index contributed by atoms with van der Waals surface area (Å²) in [6, 6.07) is 10.5. The molecule has 0 fully saturated rings. The number of rotatable bonds is 9. The van der Waals surface area contributed by atoms with Gasteiger partial charge >= 0.3 is 5.97 Å². The Bertz CT molecular complexity index is 1080. The first-order valence-corrected chi connectivity index (χ1v) is 10.4. The highest BCUT2D eigenvalue weighted by molar-refractivity contribution is 6.07. The molecule has 0 saturated carbocycles. The minimum atomic E-state index is -1.16. The summed E-state index contributed by atoms with van der Waals surface area (Å²) in [6.07, 6.45) is 1.68. The normalized spacial score (nSPS) is 13.4. The van der Waals surface area contributed by atoms with Gasteiger partial charge in [-0.1, -0.05) is 32.0 Å². The maximum absolute atomic E-state index is 13.1. The van der Waals surface area contributed by atoms with E-state index in [4.69, 9.17) is 14.2 Å². The molecule has 0 spiro atoms. The number of para-hydroxylation sites is 1. The third-order valence-electron chi connectivity index (χ3n) is 4.86. The Morgan fingerprint density at radius 1 is 1.12 bits per heavy atom. The fourth-order valence-corrected chi connectivity index (χ4v) is 3.28. The molecule has 2 aromatic rings. The van der Waals surface area contributed by atoms with Crippen LogP contribution in [0.15, 0.2) is 48.2 Å². The summed E-state index contributed by atoms with van der Waals surface area (Å²) in [5, 5.41) is 14.6. The molecule has 0 aliphatic carbocycles. The van der Waals surface area contributed by atoms with E-state index in [1.165, 1.54) is 13.2 Å². The Morgan fingerprint density at radius 3 is 2.55 bits per heavy atom. The summed E-state index contributed by atoms with van der Waals surface area (Å²) in [7, 11) is 1.44. The topological polar surface area (TPSA) is 123 Å². The number of nitrogens with one attached hydrogen (secondary N) is 2. The lowest BCUT2D eigenvalue weighted by molar-refractivity contribution is -0.141. The smallest absolute Gasteiger partial charge is 0.326 e. The first-order valence-electron chi connectivity index (χ1n) is 10.4. The minimum Gasteiger partial charge on any atom is -0.496 e. The number of carboxylic acid groups (broad SMARTS) is 1. The number of amides is 2. The summed E-state index contributed by atoms with van der Waals surface area (Å²) >= 11 is 0. The molecular weight excluding hydrogens is 428 g/mol. The van der Waals surface area contributed by atoms with E-state index in [-0.39, 0.29) is 30.4 Å². The van der Waals surface area contributed by atoms with Gasteiger partial charge in [0.25, 0.3) is 11.8 Å². The maximum atomic E-state index is 13.1. The molecule has 33 heavy (non-hydrogen) atoms. The van der Waals surface area contributed by atoms with Crippen molar-refractivity contribution >= 4 is 23.9 Å². The van der Waals surface area contributed by atoms with Gasteiger partial charge in [-0.15, -0.1) is 0 Å². The first kappa shape index (κ1) is 23.6. The van der Waals surface area contributed by atoms with Crippen LogP contribution in [0.1, 0.15) is 36.2 Å². The molecule has 0 aromatic heterocycles. The van der Waals surface area contributed by atoms with Gasteiger partial charge in [-0.05, 0) is 48.2 Å². The molecule has 174 valence electrons. The van der Waals surface area contributed by atoms with Gasteiger partial charge in [0.05, 0.1) is 12.7 Å². The molecule has 0 bridgehead atoms. The molecule has 9 heteroatoms. The van der Waals surface area contributed by atoms with Gasteiger partial charge in [0, 0.05) is 0 Å². The number of hydrogen-bond acceptors (Lipinski definition) is 6. The van der Waals surface area contributed by atoms with Crippen LogP contribution in [0.2, 0.25) is 0 Å². The number of aliphatic carboxylic acids is 1. The van der Waals surface area contributed by atoms with Crippen molar-refractivity contribution < 1.29 is 33.7 Å². The van der Waals surface area contributed by atoms with E-state index in [9.17, 15) is 19.5 Å². The third kappa shape index (κ3) is 6.03. The number of carboxylic acids is 1. The zero-order chi connectivity index (χ0) is 24.0. The second kappa shape index (κ2) is 10.5. The number of methoxy groups -OCH3 is 1. The monoisotopic (exact) mass is 454 g/mol. The molecule has 1 atom stereocenters. The SMILES string of the molecule is COc1ccccc1C(=O)N/C(=C/c1ccc2c(c1)OCO2)C(=O)NC(CC(C)C)C(=O)O. The van der Waals surface area contributed by atoms with Crippen LogP contribution in [0, 0.1) is 5.92 Å². The number of hydrogen-bond donors (Lipinski definition) is 3. The highest BCUT2D eigenvalue weighted by Gasteiger charge is 2.25. The van der Waals surface area contributed by atoms with Crippen LogP contribution in [0.4, 0.5) is 0 Å². The van der Waals surface area contributed by atoms with Crippen molar-refractivity contribution in [2.24, 2.45) is 5.92 Å². The van der Waals surface area contributed by atoms with Gasteiger partial charge in [0.1, 0.15) is 17.5 Å². The van der Waals surface area contributed by atoms with Gasteiger partial charge in [-0.25, -0.2) is 4.79 Å². The summed E-state index contributed by atoms with van der Waals surface area (Å²) < 4.78 is 15.9. The van der Waals surface area contributed by atoms with E-state index in [2.05, 4.69) is 10.6 Å². The van der Waals surface area contributed by atoms with E-state index >= 15 is 0 Å². The Hall–Kier alpha value is -4.01. The van der Waals surface area contributed by atoms with Crippen LogP contribution in [0.5, 0.6) is 17.2 Å². The molecule has 9 nitrogen and oxygen atoms in total. The zero-order valence-electron chi connectivity index (χ0n) is 18.6. The largest absolute Gasteiger partial charge is 0.496 e. The molecule has 0 saturated heterocycles. The van der Waals surface area contributed by atoms with Crippen molar-refractivity contribution in [3.8, 4) is 17.2 Å². The maximum Gasteiger partial charge on any atom is 0.326 e. The Morgan fingerprint density at radius 2 is 1.85 bits per heavy atom. The Kier molecular flexibility index (Phi) is 7.55. The van der Waals surface area contributed by atoms with Crippen LogP contribution >= 0.6 is 0 Å². The van der Waals surface area contributed by atoms with Crippen molar-refractivity contribution in [2.75, 3.05) is 13.9 Å². The van der Waals surface area contributed by atoms with Crippen molar-refractivity contribution in [1.82, 2.24) is 10.6 Å². The summed E-state index contributed by atoms with van der Waals surface area (Å²) in [4.78, 5) is 37.6. The Balaban J connectivity index is 1.92. The molecule has 1 aliphatic heterocycles. The second-order valence-electron chi connectivity index (χ2n) is 7.82. The van der Waals surface area contributed by atoms with Gasteiger partial charge in [-0.3, -0.25) is 9.59 Å². The summed E-state index contributed by atoms with van der Waals surface area (Å²) in [5.74, 6) is -1.02. The van der Waals surface area contributed by atoms with Crippen molar-refractivity contribution in [3.63, 3.8) is 0 Å². The van der Waals surface area contributed by atoms with E-state index in [0.29, 0.717) is 22.8 Å². The summed E-state index contributed by atoms with van der Waals surface area (Å²) in [6.45, 7) is 3.81. The predicted molar refractivity (Wildman–Crippen MR) is 120 cm³/mol. The standard InChI is InChI=1S/C24H26N2O7/c1-14(2)10-18(24(29)30)26-23(28)17(11-15-8-9-20-21(12-15)33-13-32-20)25-22(27)16-6-4-5-7-19(16)31-3/h4-9,11-12,14,18H,10,13H2,1-3H3,(H,25,27)(H,26,28)(H,29,30)/b17-11+. The fourth-order valence-electron chi connectivity index (χ4n) is 3.28. The Labute approximate surface area is 191 Å². The molecule has 2 aromatic carbocycles. The second-order valence-corrected chi connectivity index (χ2v) is 7.82. The van der Waals surface area contributed by atoms with Crippen molar-refractivity contribution in [1.29, 1.82) is 0 Å². The molecule has 3 rings (SSSR count). The molecule has 2 amide bonds. The molecule has 3 N–H and O–H groups in total. The average molecular weight is 454 g/mol. The zero-order valence-corrected chi connectivity index (χ0v) is 18.6. The van der Waals surface area contributed by atoms with Crippen LogP contribution in [-0.4, -0.2) is 42.8 Å². The molecular formula is C24H26N2O7. The van der Waals surface area contributed by atoms with Gasteiger partial charge < -0.3 is 30.0 Å². The van der Waals surface area contributed by atoms with Crippen LogP contribution in [0.25, 0.3) is 6.08 Å². The lowest BCUT2D eigenvalue weighted by Gasteiger charge is -2.18. The fraction of sp³-hybridized carbons (Fsp3) is 0.292. The molecule has 0 radical (unpaired) electrons. The predicted octanol–water partition coefficient (Wildman–Crippen LogP) is 2.81. The van der Waals surface area contributed by atoms with E-state index < -0.39 is 23.8 Å². The van der Waals surface area contributed by atoms with Crippen LogP contribution in [-0.2, 0) is 9.59 Å². The molecule has 1 aliphatic rings. The van der Waals surface area contributed by atoms with Gasteiger partial charge in [0.15, 0.2) is 11.5 Å². The minimum absolute atomic E-state index is 0.0378. The van der Waals surface area contributed by atoms with E-state index in [1.54, 1.807) is 42.5 Å². The number of ether oxygens (including phenoxy) is 3. The van der Waals surface area contributed by atoms with E-state index in [0.717, 1.165) is 0 Å². The van der Waals surface area contributed by atoms with E-state index in [1.807, 2.05) is 13.8 Å². The number of carbonyl (C=O) groups excluding carboxylic acids is 2. The number of benzene rings is 2. The highest BCUT2D eigenvalue weighted by atomic mass is 16.7. The lowest BCUT2D eigenvalue weighted by Crippen LogP contribution is -2.45. The summed E-state index contributed by atoms with van der Waals surface area (Å²) in [5.41, 5.74) is 0.654. The number of carbonyl (C=O) groups is 3. The molecule has 1 heterocycles. The average Bonchev–Trinajstić information content (AvgIpc) is 3.25. The first-order chi connectivity index (χ1) is 15.8. The lowest BCUT2D eigenvalue weighted by atomic mass is 10.0. The van der Waals surface area contributed by atoms with Crippen LogP contribution < -0.4 is 24.8 Å². The van der Waals surface area contributed by atoms with Crippen LogP contribution in [0.3, 0.4) is 0 Å². The van der Waals surface area contributed by atoms with Gasteiger partial charge in [0.2, 0.25) is 6.79 Å². The quantitative estimate of drug-likeness (QED) is 0.498. The molecule has 1 unspecified atom stereocenters. The highest BCUT2D eigenvalue weighted by Crippen LogP contribution is 2.33. The van der Waals surface area contributed by atoms with Gasteiger partial charge in [-0.2, -0.15) is 0 Å². The third-order valence-corrected chi connectivity index (χ3v) is 4.86. The number of fused-ring (bicyclic) bond motifs is 1. The van der Waals surface area contributed by atoms with Crippen molar-refractivity contribution in [3.05, 3.63) is 59.3 Å².